The standard InChI is InChI=1S/C9H9NS2/c1-6-4-3-5-8-9(11-6)10-7(2)12-8/h3-5H,1-2H3. The number of thioether (sulfide) groups is 1. The molecule has 0 atom stereocenters. The third-order valence-electron chi connectivity index (χ3n) is 1.56. The number of aromatic nitrogens is 1. The zero-order valence-electron chi connectivity index (χ0n) is 7.00. The van der Waals surface area contributed by atoms with Crippen LogP contribution in [0.1, 0.15) is 16.8 Å². The maximum Gasteiger partial charge on any atom is 0.119 e. The minimum atomic E-state index is 1.15. The molecule has 1 nitrogen and oxygen atoms in total. The molecule has 0 saturated carbocycles. The number of thiazole rings is 1. The molecule has 2 heterocycles. The van der Waals surface area contributed by atoms with Gasteiger partial charge in [0.05, 0.1) is 9.88 Å². The first-order valence-electron chi connectivity index (χ1n) is 3.76. The third kappa shape index (κ3) is 1.47. The van der Waals surface area contributed by atoms with Gasteiger partial charge >= 0.3 is 0 Å². The van der Waals surface area contributed by atoms with Crippen molar-refractivity contribution >= 4 is 29.2 Å². The van der Waals surface area contributed by atoms with E-state index in [9.17, 15) is 0 Å². The summed E-state index contributed by atoms with van der Waals surface area (Å²) in [6.07, 6.45) is 6.34. The number of aryl methyl sites for hydroxylation is 1. The van der Waals surface area contributed by atoms with E-state index in [-0.39, 0.29) is 0 Å². The Bertz CT molecular complexity index is 361. The fourth-order valence-electron chi connectivity index (χ4n) is 1.06. The van der Waals surface area contributed by atoms with Crippen LogP contribution in [0.2, 0.25) is 0 Å². The van der Waals surface area contributed by atoms with Crippen LogP contribution in [0.5, 0.6) is 0 Å². The van der Waals surface area contributed by atoms with Crippen LogP contribution < -0.4 is 0 Å². The molecule has 1 aromatic rings. The minimum absolute atomic E-state index is 1.15. The van der Waals surface area contributed by atoms with E-state index in [1.165, 1.54) is 9.78 Å². The highest BCUT2D eigenvalue weighted by Gasteiger charge is 2.09. The number of fused-ring (bicyclic) bond motifs is 1. The second-order valence-electron chi connectivity index (χ2n) is 2.64. The predicted molar refractivity (Wildman–Crippen MR) is 55.5 cm³/mol. The van der Waals surface area contributed by atoms with Crippen LogP contribution in [0.4, 0.5) is 0 Å². The molecule has 0 saturated heterocycles. The van der Waals surface area contributed by atoms with E-state index in [0.717, 1.165) is 10.0 Å². The largest absolute Gasteiger partial charge is 0.234 e. The number of nitrogens with zero attached hydrogens (tertiary/aromatic N) is 1. The van der Waals surface area contributed by atoms with Gasteiger partial charge in [-0.1, -0.05) is 23.9 Å². The number of rotatable bonds is 0. The lowest BCUT2D eigenvalue weighted by atomic mass is 10.4. The summed E-state index contributed by atoms with van der Waals surface area (Å²) in [7, 11) is 0. The van der Waals surface area contributed by atoms with Crippen molar-refractivity contribution < 1.29 is 0 Å². The summed E-state index contributed by atoms with van der Waals surface area (Å²) >= 11 is 3.50. The molecule has 0 fully saturated rings. The van der Waals surface area contributed by atoms with Crippen molar-refractivity contribution in [3.63, 3.8) is 0 Å². The Morgan fingerprint density at radius 2 is 2.17 bits per heavy atom. The molecule has 3 heteroatoms. The van der Waals surface area contributed by atoms with E-state index < -0.39 is 0 Å². The SMILES string of the molecule is CC1=CC=Cc2sc(C)nc2S1. The molecular weight excluding hydrogens is 186 g/mol. The van der Waals surface area contributed by atoms with Gasteiger partial charge in [-0.2, -0.15) is 0 Å². The highest BCUT2D eigenvalue weighted by Crippen LogP contribution is 2.34. The molecule has 0 bridgehead atoms. The van der Waals surface area contributed by atoms with Crippen LogP contribution >= 0.6 is 23.1 Å². The van der Waals surface area contributed by atoms with Crippen molar-refractivity contribution in [1.29, 1.82) is 0 Å². The van der Waals surface area contributed by atoms with Gasteiger partial charge in [-0.05, 0) is 24.8 Å². The summed E-state index contributed by atoms with van der Waals surface area (Å²) < 4.78 is 0. The highest BCUT2D eigenvalue weighted by molar-refractivity contribution is 8.03. The van der Waals surface area contributed by atoms with E-state index in [0.29, 0.717) is 0 Å². The van der Waals surface area contributed by atoms with Crippen molar-refractivity contribution in [2.45, 2.75) is 18.9 Å². The predicted octanol–water partition coefficient (Wildman–Crippen LogP) is 3.47. The van der Waals surface area contributed by atoms with E-state index >= 15 is 0 Å². The van der Waals surface area contributed by atoms with Crippen molar-refractivity contribution in [3.8, 4) is 0 Å². The quantitative estimate of drug-likeness (QED) is 0.628. The third-order valence-corrected chi connectivity index (χ3v) is 3.59. The summed E-state index contributed by atoms with van der Waals surface area (Å²) in [5, 5.41) is 2.30. The molecule has 0 unspecified atom stereocenters. The van der Waals surface area contributed by atoms with Crippen molar-refractivity contribution in [3.05, 3.63) is 26.9 Å². The molecule has 62 valence electrons. The van der Waals surface area contributed by atoms with Gasteiger partial charge in [-0.3, -0.25) is 0 Å². The van der Waals surface area contributed by atoms with Crippen LogP contribution in [0.15, 0.2) is 22.1 Å². The second kappa shape index (κ2) is 3.07. The lowest BCUT2D eigenvalue weighted by Gasteiger charge is -1.93. The molecule has 0 amide bonds. The molecule has 0 radical (unpaired) electrons. The van der Waals surface area contributed by atoms with Gasteiger partial charge in [0.2, 0.25) is 0 Å². The second-order valence-corrected chi connectivity index (χ2v) is 5.11. The van der Waals surface area contributed by atoms with E-state index in [2.05, 4.69) is 30.1 Å². The minimum Gasteiger partial charge on any atom is -0.234 e. The molecule has 0 aliphatic carbocycles. The molecule has 1 aliphatic rings. The zero-order chi connectivity index (χ0) is 8.55. The molecule has 1 aromatic heterocycles. The number of allylic oxidation sites excluding steroid dienone is 3. The van der Waals surface area contributed by atoms with Crippen molar-refractivity contribution in [1.82, 2.24) is 4.98 Å². The number of hydrogen-bond acceptors (Lipinski definition) is 3. The summed E-state index contributed by atoms with van der Waals surface area (Å²) in [5.41, 5.74) is 0. The average Bonchev–Trinajstić information content (AvgIpc) is 2.23. The van der Waals surface area contributed by atoms with Crippen LogP contribution in [0.3, 0.4) is 0 Å². The van der Waals surface area contributed by atoms with Crippen molar-refractivity contribution in [2.24, 2.45) is 0 Å². The van der Waals surface area contributed by atoms with Crippen LogP contribution in [-0.2, 0) is 0 Å². The van der Waals surface area contributed by atoms with E-state index in [1.807, 2.05) is 6.92 Å². The maximum absolute atomic E-state index is 4.45. The van der Waals surface area contributed by atoms with Crippen LogP contribution in [0.25, 0.3) is 6.08 Å². The fourth-order valence-corrected chi connectivity index (χ4v) is 2.90. The van der Waals surface area contributed by atoms with E-state index in [4.69, 9.17) is 0 Å². The van der Waals surface area contributed by atoms with Gasteiger partial charge in [0.15, 0.2) is 0 Å². The first kappa shape index (κ1) is 8.08. The van der Waals surface area contributed by atoms with Gasteiger partial charge in [-0.15, -0.1) is 11.3 Å². The lowest BCUT2D eigenvalue weighted by molar-refractivity contribution is 1.14. The number of hydrogen-bond donors (Lipinski definition) is 0. The van der Waals surface area contributed by atoms with Gasteiger partial charge in [0, 0.05) is 0 Å². The summed E-state index contributed by atoms with van der Waals surface area (Å²) in [6.45, 7) is 4.16. The Balaban J connectivity index is 2.48. The summed E-state index contributed by atoms with van der Waals surface area (Å²) in [6, 6.07) is 0. The summed E-state index contributed by atoms with van der Waals surface area (Å²) in [4.78, 5) is 7.04. The van der Waals surface area contributed by atoms with E-state index in [1.54, 1.807) is 23.1 Å². The fraction of sp³-hybridized carbons (Fsp3) is 0.222. The highest BCUT2D eigenvalue weighted by atomic mass is 32.2. The smallest absolute Gasteiger partial charge is 0.119 e. The normalized spacial score (nSPS) is 15.3. The Kier molecular flexibility index (Phi) is 2.07. The van der Waals surface area contributed by atoms with Crippen LogP contribution in [-0.4, -0.2) is 4.98 Å². The molecular formula is C9H9NS2. The Morgan fingerprint density at radius 3 is 3.00 bits per heavy atom. The average molecular weight is 195 g/mol. The monoisotopic (exact) mass is 195 g/mol. The Labute approximate surface area is 80.2 Å². The molecule has 0 N–H and O–H groups in total. The molecule has 12 heavy (non-hydrogen) atoms. The van der Waals surface area contributed by atoms with Gasteiger partial charge in [-0.25, -0.2) is 4.98 Å². The van der Waals surface area contributed by atoms with Gasteiger partial charge < -0.3 is 0 Å². The topological polar surface area (TPSA) is 12.9 Å². The first-order chi connectivity index (χ1) is 5.75. The first-order valence-corrected chi connectivity index (χ1v) is 5.39. The maximum atomic E-state index is 4.45. The molecule has 2 rings (SSSR count). The molecule has 0 spiro atoms. The Morgan fingerprint density at radius 1 is 1.33 bits per heavy atom. The zero-order valence-corrected chi connectivity index (χ0v) is 8.63. The molecule has 1 aliphatic heterocycles. The lowest BCUT2D eigenvalue weighted by Crippen LogP contribution is -1.73. The summed E-state index contributed by atoms with van der Waals surface area (Å²) in [5.74, 6) is 0. The Hall–Kier alpha value is -0.540. The molecule has 0 aromatic carbocycles. The van der Waals surface area contributed by atoms with Gasteiger partial charge in [0.1, 0.15) is 5.03 Å². The van der Waals surface area contributed by atoms with Gasteiger partial charge in [0.25, 0.3) is 0 Å². The van der Waals surface area contributed by atoms with Crippen LogP contribution in [0, 0.1) is 6.92 Å². The van der Waals surface area contributed by atoms with Crippen molar-refractivity contribution in [2.75, 3.05) is 0 Å².